The number of phenols is 1. The van der Waals surface area contributed by atoms with Gasteiger partial charge in [0.25, 0.3) is 0 Å². The molecule has 0 aliphatic carbocycles. The van der Waals surface area contributed by atoms with Crippen LogP contribution < -0.4 is 5.32 Å². The molecule has 2 aromatic carbocycles. The number of phenolic OH excluding ortho intramolecular Hbond substituents is 1. The molecule has 0 spiro atoms. The van der Waals surface area contributed by atoms with Gasteiger partial charge in [0.1, 0.15) is 5.75 Å². The molecule has 2 aromatic rings. The largest absolute Gasteiger partial charge is 0.508 e. The Bertz CT molecular complexity index is 496. The molecule has 0 aromatic heterocycles. The number of halogens is 1. The summed E-state index contributed by atoms with van der Waals surface area (Å²) in [5.74, 6) is 0.304. The summed E-state index contributed by atoms with van der Waals surface area (Å²) < 4.78 is 1.22. The third-order valence-electron chi connectivity index (χ3n) is 2.60. The molecule has 88 valence electrons. The van der Waals surface area contributed by atoms with Gasteiger partial charge in [0, 0.05) is 15.3 Å². The Morgan fingerprint density at radius 3 is 2.47 bits per heavy atom. The highest BCUT2D eigenvalue weighted by molar-refractivity contribution is 14.1. The second-order valence-corrected chi connectivity index (χ2v) is 5.21. The van der Waals surface area contributed by atoms with E-state index in [1.54, 1.807) is 12.1 Å². The van der Waals surface area contributed by atoms with Crippen molar-refractivity contribution >= 4 is 28.3 Å². The lowest BCUT2D eigenvalue weighted by Gasteiger charge is -2.16. The monoisotopic (exact) mass is 339 g/mol. The first-order chi connectivity index (χ1) is 8.15. The summed E-state index contributed by atoms with van der Waals surface area (Å²) in [5.41, 5.74) is 2.16. The van der Waals surface area contributed by atoms with E-state index in [4.69, 9.17) is 0 Å². The summed E-state index contributed by atoms with van der Waals surface area (Å²) in [6.07, 6.45) is 0. The molecule has 0 saturated heterocycles. The smallest absolute Gasteiger partial charge is 0.115 e. The standard InChI is InChI=1S/C14H14INO/c1-10(11-3-2-4-14(17)9-11)16-13-7-5-12(15)6-8-13/h2-10,16-17H,1H3. The topological polar surface area (TPSA) is 32.3 Å². The van der Waals surface area contributed by atoms with Crippen LogP contribution in [0.3, 0.4) is 0 Å². The van der Waals surface area contributed by atoms with Gasteiger partial charge in [0.15, 0.2) is 0 Å². The van der Waals surface area contributed by atoms with Gasteiger partial charge in [-0.1, -0.05) is 12.1 Å². The van der Waals surface area contributed by atoms with Crippen LogP contribution in [0.4, 0.5) is 5.69 Å². The summed E-state index contributed by atoms with van der Waals surface area (Å²) >= 11 is 2.29. The normalized spacial score (nSPS) is 12.1. The van der Waals surface area contributed by atoms with Crippen molar-refractivity contribution in [2.45, 2.75) is 13.0 Å². The Morgan fingerprint density at radius 2 is 1.82 bits per heavy atom. The molecular formula is C14H14INO. The van der Waals surface area contributed by atoms with E-state index in [0.29, 0.717) is 5.75 Å². The van der Waals surface area contributed by atoms with Crippen LogP contribution in [0.1, 0.15) is 18.5 Å². The van der Waals surface area contributed by atoms with Crippen LogP contribution in [-0.4, -0.2) is 5.11 Å². The number of hydrogen-bond donors (Lipinski definition) is 2. The molecule has 2 N–H and O–H groups in total. The van der Waals surface area contributed by atoms with Gasteiger partial charge in [0.05, 0.1) is 0 Å². The second-order valence-electron chi connectivity index (χ2n) is 3.97. The second kappa shape index (κ2) is 5.40. The van der Waals surface area contributed by atoms with Gasteiger partial charge < -0.3 is 10.4 Å². The fourth-order valence-corrected chi connectivity index (χ4v) is 2.03. The van der Waals surface area contributed by atoms with E-state index >= 15 is 0 Å². The molecule has 1 unspecified atom stereocenters. The number of nitrogens with one attached hydrogen (secondary N) is 1. The predicted molar refractivity (Wildman–Crippen MR) is 79.3 cm³/mol. The van der Waals surface area contributed by atoms with Crippen LogP contribution in [0.2, 0.25) is 0 Å². The maximum absolute atomic E-state index is 9.44. The van der Waals surface area contributed by atoms with Crippen molar-refractivity contribution in [2.75, 3.05) is 5.32 Å². The van der Waals surface area contributed by atoms with Crippen molar-refractivity contribution in [3.05, 3.63) is 57.7 Å². The third-order valence-corrected chi connectivity index (χ3v) is 3.32. The Kier molecular flexibility index (Phi) is 3.89. The average molecular weight is 339 g/mol. The van der Waals surface area contributed by atoms with E-state index in [9.17, 15) is 5.11 Å². The first-order valence-electron chi connectivity index (χ1n) is 5.46. The molecule has 0 aliphatic heterocycles. The summed E-state index contributed by atoms with van der Waals surface area (Å²) in [4.78, 5) is 0. The number of aromatic hydroxyl groups is 1. The van der Waals surface area contributed by atoms with E-state index in [1.807, 2.05) is 12.1 Å². The fraction of sp³-hybridized carbons (Fsp3) is 0.143. The van der Waals surface area contributed by atoms with E-state index in [1.165, 1.54) is 3.57 Å². The van der Waals surface area contributed by atoms with E-state index in [-0.39, 0.29) is 6.04 Å². The van der Waals surface area contributed by atoms with Crippen LogP contribution in [0.25, 0.3) is 0 Å². The van der Waals surface area contributed by atoms with Gasteiger partial charge in [0.2, 0.25) is 0 Å². The number of benzene rings is 2. The van der Waals surface area contributed by atoms with Crippen molar-refractivity contribution in [1.29, 1.82) is 0 Å². The molecule has 0 aliphatic rings. The first-order valence-corrected chi connectivity index (χ1v) is 6.54. The lowest BCUT2D eigenvalue weighted by atomic mass is 10.1. The van der Waals surface area contributed by atoms with Gasteiger partial charge in [-0.2, -0.15) is 0 Å². The molecule has 0 bridgehead atoms. The molecule has 0 radical (unpaired) electrons. The molecule has 0 amide bonds. The predicted octanol–water partition coefficient (Wildman–Crippen LogP) is 4.17. The van der Waals surface area contributed by atoms with Crippen molar-refractivity contribution < 1.29 is 5.11 Å². The van der Waals surface area contributed by atoms with Crippen LogP contribution in [0.15, 0.2) is 48.5 Å². The summed E-state index contributed by atoms with van der Waals surface area (Å²) in [5, 5.41) is 12.8. The molecular weight excluding hydrogens is 325 g/mol. The first kappa shape index (κ1) is 12.2. The highest BCUT2D eigenvalue weighted by Gasteiger charge is 2.05. The Labute approximate surface area is 115 Å². The van der Waals surface area contributed by atoms with Crippen molar-refractivity contribution in [3.63, 3.8) is 0 Å². The zero-order valence-electron chi connectivity index (χ0n) is 9.52. The Hall–Kier alpha value is -1.23. The average Bonchev–Trinajstić information content (AvgIpc) is 2.32. The molecule has 0 saturated carbocycles. The van der Waals surface area contributed by atoms with Gasteiger partial charge in [-0.05, 0) is 71.5 Å². The van der Waals surface area contributed by atoms with Crippen molar-refractivity contribution in [1.82, 2.24) is 0 Å². The van der Waals surface area contributed by atoms with Gasteiger partial charge >= 0.3 is 0 Å². The molecule has 2 rings (SSSR count). The van der Waals surface area contributed by atoms with Crippen LogP contribution >= 0.6 is 22.6 Å². The molecule has 17 heavy (non-hydrogen) atoms. The summed E-state index contributed by atoms with van der Waals surface area (Å²) in [6.45, 7) is 2.08. The maximum atomic E-state index is 9.44. The van der Waals surface area contributed by atoms with Gasteiger partial charge in [-0.3, -0.25) is 0 Å². The number of rotatable bonds is 3. The van der Waals surface area contributed by atoms with Crippen molar-refractivity contribution in [3.8, 4) is 5.75 Å². The lowest BCUT2D eigenvalue weighted by Crippen LogP contribution is -2.06. The SMILES string of the molecule is CC(Nc1ccc(I)cc1)c1cccc(O)c1. The summed E-state index contributed by atoms with van der Waals surface area (Å²) in [6, 6.07) is 15.7. The number of anilines is 1. The minimum atomic E-state index is 0.169. The zero-order valence-corrected chi connectivity index (χ0v) is 11.7. The molecule has 0 fully saturated rings. The van der Waals surface area contributed by atoms with E-state index < -0.39 is 0 Å². The number of hydrogen-bond acceptors (Lipinski definition) is 2. The third kappa shape index (κ3) is 3.36. The molecule has 1 atom stereocenters. The maximum Gasteiger partial charge on any atom is 0.115 e. The Morgan fingerprint density at radius 1 is 1.12 bits per heavy atom. The van der Waals surface area contributed by atoms with E-state index in [0.717, 1.165) is 11.3 Å². The molecule has 3 heteroatoms. The highest BCUT2D eigenvalue weighted by Crippen LogP contribution is 2.22. The lowest BCUT2D eigenvalue weighted by molar-refractivity contribution is 0.474. The van der Waals surface area contributed by atoms with E-state index in [2.05, 4.69) is 59.1 Å². The zero-order chi connectivity index (χ0) is 12.3. The Balaban J connectivity index is 2.11. The van der Waals surface area contributed by atoms with Crippen LogP contribution in [-0.2, 0) is 0 Å². The van der Waals surface area contributed by atoms with Gasteiger partial charge in [-0.15, -0.1) is 0 Å². The fourth-order valence-electron chi connectivity index (χ4n) is 1.67. The minimum Gasteiger partial charge on any atom is -0.508 e. The molecule has 0 heterocycles. The summed E-state index contributed by atoms with van der Waals surface area (Å²) in [7, 11) is 0. The highest BCUT2D eigenvalue weighted by atomic mass is 127. The quantitative estimate of drug-likeness (QED) is 0.823. The minimum absolute atomic E-state index is 0.169. The van der Waals surface area contributed by atoms with Crippen LogP contribution in [0.5, 0.6) is 5.75 Å². The molecule has 2 nitrogen and oxygen atoms in total. The van der Waals surface area contributed by atoms with Crippen molar-refractivity contribution in [2.24, 2.45) is 0 Å². The van der Waals surface area contributed by atoms with Crippen LogP contribution in [0, 0.1) is 3.57 Å². The van der Waals surface area contributed by atoms with Gasteiger partial charge in [-0.25, -0.2) is 0 Å².